The van der Waals surface area contributed by atoms with Gasteiger partial charge in [0.05, 0.1) is 0 Å². The number of rotatable bonds is 3. The molecule has 0 radical (unpaired) electrons. The molecule has 0 spiro atoms. The summed E-state index contributed by atoms with van der Waals surface area (Å²) in [6.45, 7) is 0. The number of hydrogen-bond acceptors (Lipinski definition) is 1. The molecule has 74 valence electrons. The number of hydrogen-bond donors (Lipinski definition) is 1. The van der Waals surface area contributed by atoms with Crippen LogP contribution in [0.15, 0.2) is 30.3 Å². The first-order chi connectivity index (χ1) is 5.70. The molecule has 0 aliphatic carbocycles. The van der Waals surface area contributed by atoms with Gasteiger partial charge >= 0.3 is 0 Å². The van der Waals surface area contributed by atoms with Crippen LogP contribution in [0.5, 0.6) is 0 Å². The zero-order chi connectivity index (χ0) is 8.97. The normalized spacial score (nSPS) is 12.3. The third-order valence-corrected chi connectivity index (χ3v) is 1.66. The molecule has 1 unspecified atom stereocenters. The van der Waals surface area contributed by atoms with Gasteiger partial charge < -0.3 is 5.73 Å². The van der Waals surface area contributed by atoms with Gasteiger partial charge in [0.2, 0.25) is 6.43 Å². The van der Waals surface area contributed by atoms with Gasteiger partial charge in [0.1, 0.15) is 0 Å². The minimum atomic E-state index is -2.33. The lowest BCUT2D eigenvalue weighted by molar-refractivity contribution is 0.128. The summed E-state index contributed by atoms with van der Waals surface area (Å²) in [5.74, 6) is 0. The van der Waals surface area contributed by atoms with Crippen LogP contribution in [0.2, 0.25) is 0 Å². The van der Waals surface area contributed by atoms with Crippen LogP contribution in [0, 0.1) is 0 Å². The average molecular weight is 208 g/mol. The highest BCUT2D eigenvalue weighted by Crippen LogP contribution is 2.16. The number of benzene rings is 1. The summed E-state index contributed by atoms with van der Waals surface area (Å²) >= 11 is 0. The van der Waals surface area contributed by atoms with Crippen molar-refractivity contribution in [3.05, 3.63) is 35.9 Å². The molecule has 4 heteroatoms. The van der Waals surface area contributed by atoms with Crippen molar-refractivity contribution in [3.8, 4) is 0 Å². The van der Waals surface area contributed by atoms with E-state index in [1.165, 1.54) is 0 Å². The van der Waals surface area contributed by atoms with E-state index in [2.05, 4.69) is 0 Å². The van der Waals surface area contributed by atoms with Gasteiger partial charge in [0.25, 0.3) is 0 Å². The Balaban J connectivity index is 0.00000144. The maximum Gasteiger partial charge on any atom is 0.240 e. The molecule has 1 rings (SSSR count). The third-order valence-electron chi connectivity index (χ3n) is 1.66. The van der Waals surface area contributed by atoms with E-state index in [1.807, 2.05) is 6.07 Å². The largest absolute Gasteiger partial charge is 0.324 e. The van der Waals surface area contributed by atoms with Gasteiger partial charge in [-0.3, -0.25) is 0 Å². The maximum absolute atomic E-state index is 11.9. The minimum Gasteiger partial charge on any atom is -0.324 e. The van der Waals surface area contributed by atoms with Gasteiger partial charge in [-0.05, 0) is 5.56 Å². The molecule has 0 amide bonds. The van der Waals surface area contributed by atoms with E-state index in [-0.39, 0.29) is 18.8 Å². The lowest BCUT2D eigenvalue weighted by atomic mass is 10.1. The zero-order valence-electron chi connectivity index (χ0n) is 6.99. The van der Waals surface area contributed by atoms with Gasteiger partial charge in [-0.2, -0.15) is 0 Å². The molecule has 0 bridgehead atoms. The highest BCUT2D eigenvalue weighted by atomic mass is 35.5. The van der Waals surface area contributed by atoms with Crippen LogP contribution in [0.4, 0.5) is 8.78 Å². The van der Waals surface area contributed by atoms with Gasteiger partial charge in [0, 0.05) is 12.5 Å². The molecule has 0 aromatic heterocycles. The lowest BCUT2D eigenvalue weighted by Gasteiger charge is -2.10. The summed E-state index contributed by atoms with van der Waals surface area (Å²) in [6, 6.07) is 8.38. The Morgan fingerprint density at radius 1 is 1.15 bits per heavy atom. The molecular formula is C9H12ClF2N. The van der Waals surface area contributed by atoms with Crippen molar-refractivity contribution < 1.29 is 8.78 Å². The van der Waals surface area contributed by atoms with Crippen molar-refractivity contribution >= 4 is 12.4 Å². The molecule has 1 aromatic rings. The van der Waals surface area contributed by atoms with E-state index < -0.39 is 12.5 Å². The Morgan fingerprint density at radius 3 is 2.15 bits per heavy atom. The molecule has 0 fully saturated rings. The number of nitrogens with two attached hydrogens (primary N) is 1. The lowest BCUT2D eigenvalue weighted by Crippen LogP contribution is -2.13. The smallest absolute Gasteiger partial charge is 0.240 e. The van der Waals surface area contributed by atoms with Crippen molar-refractivity contribution in [3.63, 3.8) is 0 Å². The second-order valence-corrected chi connectivity index (χ2v) is 2.64. The molecule has 1 nitrogen and oxygen atoms in total. The molecule has 0 saturated carbocycles. The molecule has 2 N–H and O–H groups in total. The number of halogens is 3. The first-order valence-corrected chi connectivity index (χ1v) is 3.79. The fourth-order valence-electron chi connectivity index (χ4n) is 1.03. The van der Waals surface area contributed by atoms with E-state index in [4.69, 9.17) is 5.73 Å². The quantitative estimate of drug-likeness (QED) is 0.811. The third kappa shape index (κ3) is 4.20. The summed E-state index contributed by atoms with van der Waals surface area (Å²) in [5, 5.41) is 0. The van der Waals surface area contributed by atoms with Crippen molar-refractivity contribution in [2.75, 3.05) is 0 Å². The predicted octanol–water partition coefficient (Wildman–Crippen LogP) is 2.76. The molecule has 0 saturated heterocycles. The molecule has 0 aliphatic rings. The Hall–Kier alpha value is -0.670. The molecule has 1 aromatic carbocycles. The van der Waals surface area contributed by atoms with Gasteiger partial charge in [-0.1, -0.05) is 30.3 Å². The standard InChI is InChI=1S/C9H11F2N.ClH/c10-9(11)6-8(12)7-4-2-1-3-5-7;/h1-5,8-9H,6,12H2;1H. The van der Waals surface area contributed by atoms with Crippen LogP contribution >= 0.6 is 12.4 Å². The fraction of sp³-hybridized carbons (Fsp3) is 0.333. The highest BCUT2D eigenvalue weighted by molar-refractivity contribution is 5.85. The van der Waals surface area contributed by atoms with Crippen LogP contribution in [0.3, 0.4) is 0 Å². The monoisotopic (exact) mass is 207 g/mol. The Morgan fingerprint density at radius 2 is 1.69 bits per heavy atom. The first kappa shape index (κ1) is 12.3. The van der Waals surface area contributed by atoms with E-state index in [0.717, 1.165) is 5.56 Å². The fourth-order valence-corrected chi connectivity index (χ4v) is 1.03. The summed E-state index contributed by atoms with van der Waals surface area (Å²) in [6.07, 6.45) is -2.61. The Bertz CT molecular complexity index is 228. The second kappa shape index (κ2) is 5.89. The van der Waals surface area contributed by atoms with E-state index >= 15 is 0 Å². The van der Waals surface area contributed by atoms with E-state index in [9.17, 15) is 8.78 Å². The molecule has 1 atom stereocenters. The SMILES string of the molecule is Cl.NC(CC(F)F)c1ccccc1. The van der Waals surface area contributed by atoms with Crippen molar-refractivity contribution in [1.82, 2.24) is 0 Å². The summed E-state index contributed by atoms with van der Waals surface area (Å²) < 4.78 is 23.8. The summed E-state index contributed by atoms with van der Waals surface area (Å²) in [4.78, 5) is 0. The molecule has 13 heavy (non-hydrogen) atoms. The number of alkyl halides is 2. The maximum atomic E-state index is 11.9. The van der Waals surface area contributed by atoms with Crippen LogP contribution < -0.4 is 5.73 Å². The van der Waals surface area contributed by atoms with Crippen molar-refractivity contribution in [2.45, 2.75) is 18.9 Å². The molecule has 0 aliphatic heterocycles. The van der Waals surface area contributed by atoms with Crippen molar-refractivity contribution in [2.24, 2.45) is 5.73 Å². The van der Waals surface area contributed by atoms with E-state index in [1.54, 1.807) is 24.3 Å². The zero-order valence-corrected chi connectivity index (χ0v) is 7.81. The first-order valence-electron chi connectivity index (χ1n) is 3.79. The minimum absolute atomic E-state index is 0. The van der Waals surface area contributed by atoms with Gasteiger partial charge in [-0.25, -0.2) is 8.78 Å². The average Bonchev–Trinajstić information content (AvgIpc) is 2.05. The summed E-state index contributed by atoms with van der Waals surface area (Å²) in [5.41, 5.74) is 6.28. The van der Waals surface area contributed by atoms with Crippen molar-refractivity contribution in [1.29, 1.82) is 0 Å². The van der Waals surface area contributed by atoms with E-state index in [0.29, 0.717) is 0 Å². The topological polar surface area (TPSA) is 26.0 Å². The predicted molar refractivity (Wildman–Crippen MR) is 51.2 cm³/mol. The highest BCUT2D eigenvalue weighted by Gasteiger charge is 2.11. The van der Waals surface area contributed by atoms with Crippen LogP contribution in [-0.4, -0.2) is 6.43 Å². The second-order valence-electron chi connectivity index (χ2n) is 2.64. The van der Waals surface area contributed by atoms with Crippen LogP contribution in [0.1, 0.15) is 18.0 Å². The van der Waals surface area contributed by atoms with Crippen LogP contribution in [-0.2, 0) is 0 Å². The molecular weight excluding hydrogens is 196 g/mol. The van der Waals surface area contributed by atoms with Crippen LogP contribution in [0.25, 0.3) is 0 Å². The molecule has 0 heterocycles. The summed E-state index contributed by atoms with van der Waals surface area (Å²) in [7, 11) is 0. The van der Waals surface area contributed by atoms with Gasteiger partial charge in [0.15, 0.2) is 0 Å². The Kier molecular flexibility index (Phi) is 5.58. The Labute approximate surface area is 82.4 Å². The van der Waals surface area contributed by atoms with Gasteiger partial charge in [-0.15, -0.1) is 12.4 Å².